The van der Waals surface area contributed by atoms with E-state index in [0.717, 1.165) is 55.6 Å². The number of ether oxygens (including phenoxy) is 2. The average molecular weight is 576 g/mol. The minimum atomic E-state index is -0.429. The number of benzene rings is 3. The number of halogens is 1. The highest BCUT2D eigenvalue weighted by Crippen LogP contribution is 2.36. The lowest BCUT2D eigenvalue weighted by atomic mass is 9.83. The Morgan fingerprint density at radius 1 is 0.976 bits per heavy atom. The number of nitrogens with one attached hydrogen (secondary N) is 2. The summed E-state index contributed by atoms with van der Waals surface area (Å²) >= 11 is 6.24. The van der Waals surface area contributed by atoms with Crippen LogP contribution in [-0.2, 0) is 16.0 Å². The van der Waals surface area contributed by atoms with Crippen LogP contribution in [-0.4, -0.2) is 55.5 Å². The number of piperidine rings is 3. The van der Waals surface area contributed by atoms with Crippen LogP contribution in [0.15, 0.2) is 60.7 Å². The molecule has 0 unspecified atom stereocenters. The van der Waals surface area contributed by atoms with Crippen molar-refractivity contribution in [3.63, 3.8) is 0 Å². The number of rotatable bonds is 10. The summed E-state index contributed by atoms with van der Waals surface area (Å²) in [5, 5.41) is 6.09. The molecular weight excluding hydrogens is 542 g/mol. The molecule has 3 saturated heterocycles. The molecule has 0 aromatic heterocycles. The minimum Gasteiger partial charge on any atom is -0.496 e. The van der Waals surface area contributed by atoms with Gasteiger partial charge in [-0.3, -0.25) is 14.9 Å². The number of methoxy groups -OCH3 is 1. The van der Waals surface area contributed by atoms with Crippen molar-refractivity contribution in [2.45, 2.75) is 44.1 Å². The molecule has 8 nitrogen and oxygen atoms in total. The predicted molar refractivity (Wildman–Crippen MR) is 160 cm³/mol. The highest BCUT2D eigenvalue weighted by atomic mass is 35.5. The SMILES string of the molecule is COc1cc(NC(=O)CCCc2ccc(-c3ccccc3)c(NC(=O)OC34CCN(CC3)CC4)c2)c(Cl)cc1C=O. The van der Waals surface area contributed by atoms with Crippen LogP contribution in [0.3, 0.4) is 0 Å². The fourth-order valence-electron chi connectivity index (χ4n) is 5.60. The Morgan fingerprint density at radius 3 is 2.39 bits per heavy atom. The molecule has 0 spiro atoms. The smallest absolute Gasteiger partial charge is 0.412 e. The summed E-state index contributed by atoms with van der Waals surface area (Å²) in [6.07, 6.45) is 4.31. The average Bonchev–Trinajstić information content (AvgIpc) is 2.99. The zero-order valence-corrected chi connectivity index (χ0v) is 23.8. The van der Waals surface area contributed by atoms with Crippen molar-refractivity contribution in [3.8, 4) is 16.9 Å². The lowest BCUT2D eigenvalue weighted by Crippen LogP contribution is -2.54. The summed E-state index contributed by atoms with van der Waals surface area (Å²) in [5.74, 6) is 0.138. The van der Waals surface area contributed by atoms with E-state index in [4.69, 9.17) is 21.1 Å². The van der Waals surface area contributed by atoms with E-state index in [9.17, 15) is 14.4 Å². The maximum absolute atomic E-state index is 13.1. The topological polar surface area (TPSA) is 97.0 Å². The maximum Gasteiger partial charge on any atom is 0.412 e. The molecule has 214 valence electrons. The van der Waals surface area contributed by atoms with Gasteiger partial charge in [-0.15, -0.1) is 0 Å². The number of amides is 2. The molecule has 3 aliphatic heterocycles. The highest BCUT2D eigenvalue weighted by molar-refractivity contribution is 6.34. The molecule has 2 bridgehead atoms. The van der Waals surface area contributed by atoms with Gasteiger partial charge in [-0.05, 0) is 36.1 Å². The van der Waals surface area contributed by atoms with Gasteiger partial charge in [-0.2, -0.15) is 0 Å². The first-order valence-corrected chi connectivity index (χ1v) is 14.3. The Hall–Kier alpha value is -3.88. The number of nitrogens with zero attached hydrogens (tertiary/aromatic N) is 1. The monoisotopic (exact) mass is 575 g/mol. The summed E-state index contributed by atoms with van der Waals surface area (Å²) < 4.78 is 11.2. The molecule has 3 aromatic carbocycles. The van der Waals surface area contributed by atoms with Gasteiger partial charge >= 0.3 is 6.09 Å². The second-order valence-corrected chi connectivity index (χ2v) is 11.0. The molecule has 9 heteroatoms. The van der Waals surface area contributed by atoms with Crippen LogP contribution < -0.4 is 15.4 Å². The van der Waals surface area contributed by atoms with Gasteiger partial charge < -0.3 is 19.7 Å². The van der Waals surface area contributed by atoms with E-state index in [1.165, 1.54) is 13.2 Å². The molecule has 3 aliphatic rings. The Balaban J connectivity index is 1.24. The summed E-state index contributed by atoms with van der Waals surface area (Å²) in [4.78, 5) is 39.4. The van der Waals surface area contributed by atoms with Crippen molar-refractivity contribution in [2.75, 3.05) is 37.4 Å². The molecule has 0 aliphatic carbocycles. The normalized spacial score (nSPS) is 19.3. The number of fused-ring (bicyclic) bond motifs is 3. The van der Waals surface area contributed by atoms with E-state index in [0.29, 0.717) is 41.8 Å². The van der Waals surface area contributed by atoms with Crippen molar-refractivity contribution < 1.29 is 23.9 Å². The second kappa shape index (κ2) is 12.7. The molecule has 2 amide bonds. The van der Waals surface area contributed by atoms with E-state index in [1.54, 1.807) is 6.07 Å². The zero-order valence-electron chi connectivity index (χ0n) is 23.1. The third-order valence-corrected chi connectivity index (χ3v) is 8.27. The number of anilines is 2. The van der Waals surface area contributed by atoms with Gasteiger partial charge in [-0.1, -0.05) is 54.1 Å². The first-order chi connectivity index (χ1) is 19.9. The van der Waals surface area contributed by atoms with Crippen LogP contribution in [0.1, 0.15) is 48.0 Å². The van der Waals surface area contributed by atoms with Crippen LogP contribution >= 0.6 is 11.6 Å². The van der Waals surface area contributed by atoms with Gasteiger partial charge in [0.1, 0.15) is 11.4 Å². The number of carbonyl (C=O) groups is 3. The first-order valence-electron chi connectivity index (χ1n) is 13.9. The molecule has 0 saturated carbocycles. The lowest BCUT2D eigenvalue weighted by molar-refractivity contribution is -0.116. The van der Waals surface area contributed by atoms with Gasteiger partial charge in [0, 0.05) is 56.9 Å². The van der Waals surface area contributed by atoms with Gasteiger partial charge in [0.15, 0.2) is 6.29 Å². The Morgan fingerprint density at radius 2 is 1.71 bits per heavy atom. The van der Waals surface area contributed by atoms with E-state index >= 15 is 0 Å². The van der Waals surface area contributed by atoms with Crippen LogP contribution in [0.5, 0.6) is 5.75 Å². The molecule has 6 rings (SSSR count). The summed E-state index contributed by atoms with van der Waals surface area (Å²) in [7, 11) is 1.45. The van der Waals surface area contributed by atoms with Crippen molar-refractivity contribution in [1.29, 1.82) is 0 Å². The van der Waals surface area contributed by atoms with E-state index < -0.39 is 6.09 Å². The number of carbonyl (C=O) groups excluding carboxylic acids is 3. The minimum absolute atomic E-state index is 0.201. The maximum atomic E-state index is 13.1. The molecule has 3 heterocycles. The fourth-order valence-corrected chi connectivity index (χ4v) is 5.82. The number of hydrogen-bond acceptors (Lipinski definition) is 6. The van der Waals surface area contributed by atoms with Crippen molar-refractivity contribution in [3.05, 3.63) is 76.8 Å². The third-order valence-electron chi connectivity index (χ3n) is 7.96. The van der Waals surface area contributed by atoms with E-state index in [1.807, 2.05) is 48.5 Å². The predicted octanol–water partition coefficient (Wildman–Crippen LogP) is 6.58. The Bertz CT molecular complexity index is 1410. The summed E-state index contributed by atoms with van der Waals surface area (Å²) in [6.45, 7) is 2.90. The second-order valence-electron chi connectivity index (χ2n) is 10.6. The molecular formula is C32H34ClN3O5. The largest absolute Gasteiger partial charge is 0.496 e. The van der Waals surface area contributed by atoms with Crippen molar-refractivity contribution >= 4 is 41.3 Å². The first kappa shape index (κ1) is 28.6. The van der Waals surface area contributed by atoms with E-state index in [-0.39, 0.29) is 23.0 Å². The van der Waals surface area contributed by atoms with Gasteiger partial charge in [-0.25, -0.2) is 4.79 Å². The van der Waals surface area contributed by atoms with Crippen molar-refractivity contribution in [1.82, 2.24) is 4.90 Å². The molecule has 0 atom stereocenters. The summed E-state index contributed by atoms with van der Waals surface area (Å²) in [6, 6.07) is 18.9. The molecule has 41 heavy (non-hydrogen) atoms. The van der Waals surface area contributed by atoms with Crippen LogP contribution in [0.2, 0.25) is 5.02 Å². The molecule has 2 N–H and O–H groups in total. The molecule has 0 radical (unpaired) electrons. The van der Waals surface area contributed by atoms with E-state index in [2.05, 4.69) is 15.5 Å². The Kier molecular flexibility index (Phi) is 8.90. The third kappa shape index (κ3) is 6.89. The van der Waals surface area contributed by atoms with Crippen LogP contribution in [0, 0.1) is 0 Å². The van der Waals surface area contributed by atoms with Crippen LogP contribution in [0.25, 0.3) is 11.1 Å². The standard InChI is InChI=1S/C32H34ClN3O5/c1-40-29-20-28(26(33)19-24(29)21-37)34-30(38)9-5-6-22-10-11-25(23-7-3-2-4-8-23)27(18-22)35-31(39)41-32-12-15-36(16-13-32)17-14-32/h2-4,7-8,10-11,18-21H,5-6,9,12-17H2,1H3,(H,34,38)(H,35,39). The lowest BCUT2D eigenvalue weighted by Gasteiger charge is -2.47. The van der Waals surface area contributed by atoms with Gasteiger partial charge in [0.25, 0.3) is 0 Å². The zero-order chi connectivity index (χ0) is 28.8. The van der Waals surface area contributed by atoms with Crippen molar-refractivity contribution in [2.24, 2.45) is 0 Å². The van der Waals surface area contributed by atoms with Gasteiger partial charge in [0.05, 0.1) is 29.1 Å². The highest BCUT2D eigenvalue weighted by Gasteiger charge is 2.42. The fraction of sp³-hybridized carbons (Fsp3) is 0.344. The quantitative estimate of drug-likeness (QED) is 0.265. The molecule has 3 aromatic rings. The van der Waals surface area contributed by atoms with Crippen LogP contribution in [0.4, 0.5) is 16.2 Å². The van der Waals surface area contributed by atoms with Gasteiger partial charge in [0.2, 0.25) is 5.91 Å². The number of aldehydes is 1. The number of hydrogen-bond donors (Lipinski definition) is 2. The summed E-state index contributed by atoms with van der Waals surface area (Å²) in [5.41, 5.74) is 3.89. The number of aryl methyl sites for hydroxylation is 1. The molecule has 3 fully saturated rings. The Labute approximate surface area is 245 Å².